The van der Waals surface area contributed by atoms with Gasteiger partial charge in [0.1, 0.15) is 0 Å². The molecular formula is C18H15ClN2O4. The Bertz CT molecular complexity index is 862. The molecule has 0 aliphatic heterocycles. The number of rotatable bonds is 5. The Labute approximate surface area is 149 Å². The second-order valence-electron chi connectivity index (χ2n) is 5.12. The molecule has 2 aromatic rings. The van der Waals surface area contributed by atoms with Gasteiger partial charge >= 0.3 is 5.97 Å². The smallest absolute Gasteiger partial charge is 0.328 e. The Morgan fingerprint density at radius 3 is 2.44 bits per heavy atom. The van der Waals surface area contributed by atoms with Crippen LogP contribution in [0.15, 0.2) is 54.6 Å². The molecule has 2 amide bonds. The van der Waals surface area contributed by atoms with Gasteiger partial charge in [0.15, 0.2) is 0 Å². The SMILES string of the molecule is Cc1ccc(Cl)cc1NC(=O)c1ccccc1NC(=O)C=CC(=O)O. The predicted molar refractivity (Wildman–Crippen MR) is 96.0 cm³/mol. The highest BCUT2D eigenvalue weighted by molar-refractivity contribution is 6.31. The third-order valence-corrected chi connectivity index (χ3v) is 3.49. The zero-order valence-electron chi connectivity index (χ0n) is 13.2. The molecule has 2 rings (SSSR count). The largest absolute Gasteiger partial charge is 0.478 e. The molecule has 0 fully saturated rings. The number of carbonyl (C=O) groups is 3. The van der Waals surface area contributed by atoms with Gasteiger partial charge in [0.25, 0.3) is 5.91 Å². The predicted octanol–water partition coefficient (Wildman–Crippen LogP) is 3.48. The maximum absolute atomic E-state index is 12.5. The van der Waals surface area contributed by atoms with E-state index in [0.29, 0.717) is 16.8 Å². The maximum Gasteiger partial charge on any atom is 0.328 e. The zero-order valence-corrected chi connectivity index (χ0v) is 14.0. The molecule has 0 heterocycles. The summed E-state index contributed by atoms with van der Waals surface area (Å²) in [7, 11) is 0. The molecular weight excluding hydrogens is 344 g/mol. The van der Waals surface area contributed by atoms with Crippen molar-refractivity contribution in [3.8, 4) is 0 Å². The van der Waals surface area contributed by atoms with Crippen LogP contribution in [0, 0.1) is 6.92 Å². The lowest BCUT2D eigenvalue weighted by molar-refractivity contribution is -0.131. The van der Waals surface area contributed by atoms with Crippen molar-refractivity contribution in [3.63, 3.8) is 0 Å². The second kappa shape index (κ2) is 8.12. The molecule has 0 saturated carbocycles. The lowest BCUT2D eigenvalue weighted by Gasteiger charge is -2.12. The number of hydrogen-bond acceptors (Lipinski definition) is 3. The molecule has 6 nitrogen and oxygen atoms in total. The molecule has 0 saturated heterocycles. The minimum atomic E-state index is -1.24. The Balaban J connectivity index is 2.21. The lowest BCUT2D eigenvalue weighted by Crippen LogP contribution is -2.17. The quantitative estimate of drug-likeness (QED) is 0.713. The number of hydrogen-bond donors (Lipinski definition) is 3. The lowest BCUT2D eigenvalue weighted by atomic mass is 10.1. The third kappa shape index (κ3) is 5.19. The normalized spacial score (nSPS) is 10.5. The summed E-state index contributed by atoms with van der Waals surface area (Å²) in [4.78, 5) is 34.7. The maximum atomic E-state index is 12.5. The molecule has 0 bridgehead atoms. The van der Waals surface area contributed by atoms with Gasteiger partial charge in [-0.15, -0.1) is 0 Å². The average Bonchev–Trinajstić information content (AvgIpc) is 2.56. The van der Waals surface area contributed by atoms with Crippen molar-refractivity contribution < 1.29 is 19.5 Å². The molecule has 0 spiro atoms. The van der Waals surface area contributed by atoms with Gasteiger partial charge in [0, 0.05) is 22.9 Å². The van der Waals surface area contributed by atoms with Crippen LogP contribution in [0.2, 0.25) is 5.02 Å². The summed E-state index contributed by atoms with van der Waals surface area (Å²) < 4.78 is 0. The third-order valence-electron chi connectivity index (χ3n) is 3.25. The number of aliphatic carboxylic acids is 1. The fourth-order valence-corrected chi connectivity index (χ4v) is 2.20. The van der Waals surface area contributed by atoms with Crippen LogP contribution >= 0.6 is 11.6 Å². The van der Waals surface area contributed by atoms with E-state index in [4.69, 9.17) is 16.7 Å². The minimum absolute atomic E-state index is 0.235. The van der Waals surface area contributed by atoms with Crippen LogP contribution in [0.1, 0.15) is 15.9 Å². The molecule has 0 aromatic heterocycles. The Morgan fingerprint density at radius 1 is 1.00 bits per heavy atom. The van der Waals surface area contributed by atoms with E-state index in [1.54, 1.807) is 42.5 Å². The molecule has 128 valence electrons. The Kier molecular flexibility index (Phi) is 5.92. The van der Waals surface area contributed by atoms with E-state index in [0.717, 1.165) is 11.6 Å². The van der Waals surface area contributed by atoms with Crippen LogP contribution in [-0.2, 0) is 9.59 Å². The van der Waals surface area contributed by atoms with E-state index in [1.165, 1.54) is 0 Å². The first kappa shape index (κ1) is 18.2. The minimum Gasteiger partial charge on any atom is -0.478 e. The van der Waals surface area contributed by atoms with Crippen molar-refractivity contribution in [1.82, 2.24) is 0 Å². The van der Waals surface area contributed by atoms with Gasteiger partial charge in [-0.05, 0) is 36.8 Å². The van der Waals surface area contributed by atoms with Crippen molar-refractivity contribution in [2.45, 2.75) is 6.92 Å². The molecule has 0 aliphatic rings. The summed E-state index contributed by atoms with van der Waals surface area (Å²) >= 11 is 5.94. The van der Waals surface area contributed by atoms with E-state index in [9.17, 15) is 14.4 Å². The standard InChI is InChI=1S/C18H15ClN2O4/c1-11-6-7-12(19)10-15(11)21-18(25)13-4-2-3-5-14(13)20-16(22)8-9-17(23)24/h2-10H,1H3,(H,20,22)(H,21,25)(H,23,24). The summed E-state index contributed by atoms with van der Waals surface area (Å²) in [6.45, 7) is 1.83. The molecule has 0 atom stereocenters. The molecule has 0 radical (unpaired) electrons. The monoisotopic (exact) mass is 358 g/mol. The van der Waals surface area contributed by atoms with Crippen molar-refractivity contribution in [2.75, 3.05) is 10.6 Å². The number of carboxylic acid groups (broad SMARTS) is 1. The van der Waals surface area contributed by atoms with Gasteiger partial charge in [-0.1, -0.05) is 29.8 Å². The van der Waals surface area contributed by atoms with E-state index in [-0.39, 0.29) is 11.3 Å². The summed E-state index contributed by atoms with van der Waals surface area (Å²) in [5.41, 5.74) is 1.90. The van der Waals surface area contributed by atoms with Gasteiger partial charge in [-0.25, -0.2) is 4.79 Å². The molecule has 2 aromatic carbocycles. The molecule has 7 heteroatoms. The number of nitrogens with one attached hydrogen (secondary N) is 2. The van der Waals surface area contributed by atoms with Gasteiger partial charge in [0.2, 0.25) is 5.91 Å². The summed E-state index contributed by atoms with van der Waals surface area (Å²) in [5.74, 6) is -2.32. The first-order valence-corrected chi connectivity index (χ1v) is 7.63. The van der Waals surface area contributed by atoms with Crippen molar-refractivity contribution in [1.29, 1.82) is 0 Å². The number of para-hydroxylation sites is 1. The Hall–Kier alpha value is -3.12. The van der Waals surface area contributed by atoms with Crippen LogP contribution in [0.25, 0.3) is 0 Å². The average molecular weight is 359 g/mol. The molecule has 0 unspecified atom stereocenters. The van der Waals surface area contributed by atoms with Crippen LogP contribution in [-0.4, -0.2) is 22.9 Å². The number of halogens is 1. The number of amides is 2. The second-order valence-corrected chi connectivity index (χ2v) is 5.56. The van der Waals surface area contributed by atoms with Crippen molar-refractivity contribution in [3.05, 3.63) is 70.8 Å². The van der Waals surface area contributed by atoms with Crippen molar-refractivity contribution in [2.24, 2.45) is 0 Å². The van der Waals surface area contributed by atoms with E-state index < -0.39 is 17.8 Å². The van der Waals surface area contributed by atoms with E-state index in [2.05, 4.69) is 10.6 Å². The van der Waals surface area contributed by atoms with Gasteiger partial charge < -0.3 is 15.7 Å². The van der Waals surface area contributed by atoms with E-state index in [1.807, 2.05) is 6.92 Å². The number of anilines is 2. The Morgan fingerprint density at radius 2 is 1.72 bits per heavy atom. The fourth-order valence-electron chi connectivity index (χ4n) is 2.03. The number of benzene rings is 2. The highest BCUT2D eigenvalue weighted by Crippen LogP contribution is 2.22. The number of aryl methyl sites for hydroxylation is 1. The molecule has 0 aliphatic carbocycles. The number of carboxylic acids is 1. The number of carbonyl (C=O) groups excluding carboxylic acids is 2. The van der Waals surface area contributed by atoms with E-state index >= 15 is 0 Å². The first-order chi connectivity index (χ1) is 11.9. The summed E-state index contributed by atoms with van der Waals surface area (Å²) in [6, 6.07) is 11.5. The zero-order chi connectivity index (χ0) is 18.4. The summed E-state index contributed by atoms with van der Waals surface area (Å²) in [6.07, 6.45) is 1.59. The van der Waals surface area contributed by atoms with Crippen LogP contribution in [0.5, 0.6) is 0 Å². The molecule has 25 heavy (non-hydrogen) atoms. The summed E-state index contributed by atoms with van der Waals surface area (Å²) in [5, 5.41) is 14.3. The van der Waals surface area contributed by atoms with Gasteiger partial charge in [-0.3, -0.25) is 9.59 Å². The van der Waals surface area contributed by atoms with Crippen LogP contribution in [0.4, 0.5) is 11.4 Å². The topological polar surface area (TPSA) is 95.5 Å². The highest BCUT2D eigenvalue weighted by Gasteiger charge is 2.13. The van der Waals surface area contributed by atoms with Crippen molar-refractivity contribution >= 4 is 40.8 Å². The van der Waals surface area contributed by atoms with Gasteiger partial charge in [-0.2, -0.15) is 0 Å². The molecule has 3 N–H and O–H groups in total. The van der Waals surface area contributed by atoms with Crippen LogP contribution < -0.4 is 10.6 Å². The van der Waals surface area contributed by atoms with Gasteiger partial charge in [0.05, 0.1) is 11.3 Å². The van der Waals surface area contributed by atoms with Crippen LogP contribution in [0.3, 0.4) is 0 Å². The first-order valence-electron chi connectivity index (χ1n) is 7.25. The fraction of sp³-hybridized carbons (Fsp3) is 0.0556. The highest BCUT2D eigenvalue weighted by atomic mass is 35.5.